The molecule has 0 aliphatic rings. The molecule has 3 aromatic rings. The van der Waals surface area contributed by atoms with Crippen LogP contribution in [-0.4, -0.2) is 42.8 Å². The number of sulfone groups is 1. The van der Waals surface area contributed by atoms with Gasteiger partial charge < -0.3 is 20.1 Å². The van der Waals surface area contributed by atoms with Gasteiger partial charge in [0, 0.05) is 0 Å². The van der Waals surface area contributed by atoms with Gasteiger partial charge in [-0.25, -0.2) is 13.4 Å². The summed E-state index contributed by atoms with van der Waals surface area (Å²) in [5.74, 6) is 0.557. The Bertz CT molecular complexity index is 1420. The number of aromatic nitrogens is 2. The van der Waals surface area contributed by atoms with Gasteiger partial charge in [-0.2, -0.15) is 4.98 Å². The number of nitrogens with one attached hydrogen (secondary N) is 2. The van der Waals surface area contributed by atoms with Crippen LogP contribution in [0.4, 0.5) is 23.1 Å². The topological polar surface area (TPSA) is 120 Å². The predicted molar refractivity (Wildman–Crippen MR) is 150 cm³/mol. The smallest absolute Gasteiger partial charge is 0.315 e. The molecule has 0 aliphatic carbocycles. The van der Waals surface area contributed by atoms with Crippen LogP contribution in [0, 0.1) is 0 Å². The van der Waals surface area contributed by atoms with Gasteiger partial charge in [0.25, 0.3) is 0 Å². The average Bonchev–Trinajstić information content (AvgIpc) is 2.86. The van der Waals surface area contributed by atoms with Gasteiger partial charge >= 0.3 is 5.97 Å². The molecule has 0 aliphatic heterocycles. The molecule has 0 fully saturated rings. The lowest BCUT2D eigenvalue weighted by atomic mass is 9.84. The summed E-state index contributed by atoms with van der Waals surface area (Å²) >= 11 is 6.36. The van der Waals surface area contributed by atoms with Gasteiger partial charge in [0.1, 0.15) is 10.8 Å². The molecule has 9 nitrogen and oxygen atoms in total. The van der Waals surface area contributed by atoms with E-state index in [0.717, 1.165) is 0 Å². The van der Waals surface area contributed by atoms with Gasteiger partial charge in [-0.1, -0.05) is 29.8 Å². The normalized spacial score (nSPS) is 11.9. The number of nitrogens with zero attached hydrogens (tertiary/aromatic N) is 2. The number of esters is 1. The Hall–Kier alpha value is -3.37. The number of rotatable bonds is 10. The van der Waals surface area contributed by atoms with E-state index in [9.17, 15) is 13.2 Å². The fourth-order valence-electron chi connectivity index (χ4n) is 3.57. The van der Waals surface area contributed by atoms with Crippen molar-refractivity contribution in [2.75, 3.05) is 17.7 Å². The first kappa shape index (κ1) is 29.2. The van der Waals surface area contributed by atoms with Gasteiger partial charge in [-0.05, 0) is 71.4 Å². The lowest BCUT2D eigenvalue weighted by molar-refractivity contribution is -0.146. The maximum atomic E-state index is 12.9. The monoisotopic (exact) mass is 560 g/mol. The van der Waals surface area contributed by atoms with E-state index < -0.39 is 20.5 Å². The lowest BCUT2D eigenvalue weighted by Gasteiger charge is -2.24. The first-order valence-electron chi connectivity index (χ1n) is 12.1. The van der Waals surface area contributed by atoms with E-state index in [4.69, 9.17) is 21.1 Å². The molecule has 0 bridgehead atoms. The molecule has 3 rings (SSSR count). The van der Waals surface area contributed by atoms with Crippen LogP contribution >= 0.6 is 11.6 Å². The maximum Gasteiger partial charge on any atom is 0.315 e. The maximum absolute atomic E-state index is 12.9. The molecule has 0 saturated heterocycles. The van der Waals surface area contributed by atoms with Crippen LogP contribution < -0.4 is 15.4 Å². The number of methoxy groups -OCH3 is 1. The summed E-state index contributed by atoms with van der Waals surface area (Å²) in [6.07, 6.45) is 1.27. The van der Waals surface area contributed by atoms with E-state index in [-0.39, 0.29) is 33.8 Å². The number of ether oxygens (including phenoxy) is 2. The number of hydrogen-bond acceptors (Lipinski definition) is 9. The summed E-state index contributed by atoms with van der Waals surface area (Å²) in [5.41, 5.74) is 0.748. The van der Waals surface area contributed by atoms with E-state index in [0.29, 0.717) is 22.7 Å². The summed E-state index contributed by atoms with van der Waals surface area (Å²) in [5, 5.41) is 5.78. The average molecular weight is 561 g/mol. The molecule has 1 heterocycles. The number of benzene rings is 2. The molecule has 1 aromatic heterocycles. The Balaban J connectivity index is 1.98. The number of carbonyl (C=O) groups excluding carboxylic acids is 1. The van der Waals surface area contributed by atoms with Crippen LogP contribution in [0.3, 0.4) is 0 Å². The van der Waals surface area contributed by atoms with Crippen molar-refractivity contribution in [3.05, 3.63) is 59.2 Å². The van der Waals surface area contributed by atoms with E-state index in [1.54, 1.807) is 70.2 Å². The zero-order valence-corrected chi connectivity index (χ0v) is 24.1. The molecule has 0 atom stereocenters. The molecule has 204 valence electrons. The fraction of sp³-hybridized carbons (Fsp3) is 0.370. The summed E-state index contributed by atoms with van der Waals surface area (Å²) in [6.45, 7) is 10.6. The molecule has 0 spiro atoms. The highest BCUT2D eigenvalue weighted by molar-refractivity contribution is 7.92. The van der Waals surface area contributed by atoms with Crippen LogP contribution in [0.25, 0.3) is 0 Å². The number of anilines is 4. The van der Waals surface area contributed by atoms with Crippen molar-refractivity contribution in [1.82, 2.24) is 9.97 Å². The first-order chi connectivity index (χ1) is 17.8. The third kappa shape index (κ3) is 6.36. The highest BCUT2D eigenvalue weighted by Crippen LogP contribution is 2.35. The highest BCUT2D eigenvalue weighted by atomic mass is 35.5. The van der Waals surface area contributed by atoms with Crippen LogP contribution in [-0.2, 0) is 24.8 Å². The van der Waals surface area contributed by atoms with E-state index in [1.807, 2.05) is 13.8 Å². The molecular weight excluding hydrogens is 528 g/mol. The molecule has 2 aromatic carbocycles. The number of hydrogen-bond donors (Lipinski definition) is 2. The number of para-hydroxylation sites is 1. The van der Waals surface area contributed by atoms with Gasteiger partial charge in [-0.15, -0.1) is 0 Å². The minimum atomic E-state index is -3.55. The summed E-state index contributed by atoms with van der Waals surface area (Å²) in [6, 6.07) is 11.9. The summed E-state index contributed by atoms with van der Waals surface area (Å²) < 4.78 is 36.7. The Morgan fingerprint density at radius 2 is 1.71 bits per heavy atom. The number of carbonyl (C=O) groups is 1. The lowest BCUT2D eigenvalue weighted by Crippen LogP contribution is -2.30. The second-order valence-corrected chi connectivity index (χ2v) is 12.6. The molecule has 0 amide bonds. The van der Waals surface area contributed by atoms with Crippen LogP contribution in [0.2, 0.25) is 5.02 Å². The van der Waals surface area contributed by atoms with Crippen molar-refractivity contribution < 1.29 is 22.7 Å². The van der Waals surface area contributed by atoms with Gasteiger partial charge in [0.05, 0.1) is 46.3 Å². The largest absolute Gasteiger partial charge is 0.489 e. The Labute approximate surface area is 228 Å². The molecular formula is C27H33ClN4O5S. The van der Waals surface area contributed by atoms with Crippen molar-refractivity contribution in [1.29, 1.82) is 0 Å². The molecule has 0 radical (unpaired) electrons. The van der Waals surface area contributed by atoms with Crippen LogP contribution in [0.1, 0.15) is 47.1 Å². The minimum absolute atomic E-state index is 0.144. The minimum Gasteiger partial charge on any atom is -0.489 e. The summed E-state index contributed by atoms with van der Waals surface area (Å²) in [7, 11) is -2.20. The Morgan fingerprint density at radius 1 is 1.03 bits per heavy atom. The highest BCUT2D eigenvalue weighted by Gasteiger charge is 2.32. The van der Waals surface area contributed by atoms with Gasteiger partial charge in [0.15, 0.2) is 15.7 Å². The second kappa shape index (κ2) is 11.6. The van der Waals surface area contributed by atoms with Crippen molar-refractivity contribution in [2.45, 2.75) is 63.2 Å². The molecule has 11 heteroatoms. The molecule has 2 N–H and O–H groups in total. The number of halogens is 1. The van der Waals surface area contributed by atoms with Gasteiger partial charge in [-0.3, -0.25) is 4.79 Å². The zero-order chi connectivity index (χ0) is 28.3. The SMILES string of the molecule is COC(=O)C(C)(C)c1ccc(Nc2ncc(Cl)c(Nc3ccccc3S(=O)(=O)C(C)C)n2)c(OC(C)C)c1. The standard InChI is InChI=1S/C27H33ClN4O5S/c1-16(2)37-22-14-18(27(5,6)25(33)36-7)12-13-20(22)31-26-29-15-19(28)24(32-26)30-21-10-8-9-11-23(21)38(34,35)17(3)4/h8-17H,1-7H3,(H2,29,30,31,32). The van der Waals surface area contributed by atoms with E-state index >= 15 is 0 Å². The van der Waals surface area contributed by atoms with Crippen molar-refractivity contribution in [3.8, 4) is 5.75 Å². The van der Waals surface area contributed by atoms with Crippen LogP contribution in [0.5, 0.6) is 5.75 Å². The first-order valence-corrected chi connectivity index (χ1v) is 14.0. The Kier molecular flexibility index (Phi) is 8.89. The zero-order valence-electron chi connectivity index (χ0n) is 22.5. The van der Waals surface area contributed by atoms with Crippen molar-refractivity contribution >= 4 is 50.5 Å². The molecule has 38 heavy (non-hydrogen) atoms. The molecule has 0 saturated carbocycles. The van der Waals surface area contributed by atoms with Crippen molar-refractivity contribution in [2.24, 2.45) is 0 Å². The van der Waals surface area contributed by atoms with Crippen LogP contribution in [0.15, 0.2) is 53.6 Å². The third-order valence-electron chi connectivity index (χ3n) is 5.82. The quantitative estimate of drug-likeness (QED) is 0.286. The summed E-state index contributed by atoms with van der Waals surface area (Å²) in [4.78, 5) is 21.2. The fourth-order valence-corrected chi connectivity index (χ4v) is 4.91. The Morgan fingerprint density at radius 3 is 2.34 bits per heavy atom. The van der Waals surface area contributed by atoms with Crippen molar-refractivity contribution in [3.63, 3.8) is 0 Å². The molecule has 0 unspecified atom stereocenters. The third-order valence-corrected chi connectivity index (χ3v) is 8.31. The van der Waals surface area contributed by atoms with E-state index in [2.05, 4.69) is 20.6 Å². The van der Waals surface area contributed by atoms with Gasteiger partial charge in [0.2, 0.25) is 5.95 Å². The van der Waals surface area contributed by atoms with E-state index in [1.165, 1.54) is 13.3 Å². The predicted octanol–water partition coefficient (Wildman–Crippen LogP) is 6.04. The second-order valence-electron chi connectivity index (χ2n) is 9.72.